The Bertz CT molecular complexity index is 296. The molecular weight excluding hydrogens is 154 g/mol. The molecule has 4 heteroatoms. The van der Waals surface area contributed by atoms with Crippen LogP contribution in [0.2, 0.25) is 0 Å². The summed E-state index contributed by atoms with van der Waals surface area (Å²) in [6.45, 7) is 1.94. The van der Waals surface area contributed by atoms with Crippen molar-refractivity contribution in [1.29, 1.82) is 0 Å². The molecule has 1 heterocycles. The zero-order chi connectivity index (χ0) is 8.97. The van der Waals surface area contributed by atoms with Gasteiger partial charge < -0.3 is 10.9 Å². The predicted octanol–water partition coefficient (Wildman–Crippen LogP) is 0.679. The Morgan fingerprint density at radius 1 is 1.75 bits per heavy atom. The second-order valence-corrected chi connectivity index (χ2v) is 2.54. The Kier molecular flexibility index (Phi) is 2.63. The molecule has 0 amide bonds. The minimum Gasteiger partial charge on any atom is -0.409 e. The maximum absolute atomic E-state index is 8.32. The number of hydrogen-bond donors (Lipinski definition) is 2. The molecule has 1 aromatic rings. The van der Waals surface area contributed by atoms with Crippen LogP contribution in [-0.2, 0) is 6.42 Å². The Morgan fingerprint density at radius 2 is 2.50 bits per heavy atom. The van der Waals surface area contributed by atoms with Crippen molar-refractivity contribution in [2.24, 2.45) is 10.9 Å². The van der Waals surface area contributed by atoms with E-state index in [1.165, 1.54) is 0 Å². The van der Waals surface area contributed by atoms with E-state index in [9.17, 15) is 0 Å². The van der Waals surface area contributed by atoms with Crippen LogP contribution in [0.3, 0.4) is 0 Å². The molecule has 0 aliphatic rings. The highest BCUT2D eigenvalue weighted by atomic mass is 16.4. The number of nitrogens with zero attached hydrogens (tertiary/aromatic N) is 2. The molecule has 0 aromatic carbocycles. The molecule has 0 atom stereocenters. The summed E-state index contributed by atoms with van der Waals surface area (Å²) in [6.07, 6.45) is 2.08. The molecule has 64 valence electrons. The van der Waals surface area contributed by atoms with Crippen molar-refractivity contribution in [3.8, 4) is 0 Å². The number of amidine groups is 1. The van der Waals surface area contributed by atoms with Crippen molar-refractivity contribution in [2.45, 2.75) is 13.3 Å². The molecule has 12 heavy (non-hydrogen) atoms. The van der Waals surface area contributed by atoms with E-state index in [0.29, 0.717) is 6.42 Å². The molecule has 0 aliphatic heterocycles. The average molecular weight is 165 g/mol. The number of aryl methyl sites for hydroxylation is 1. The van der Waals surface area contributed by atoms with Gasteiger partial charge in [0.05, 0.1) is 12.1 Å². The van der Waals surface area contributed by atoms with Gasteiger partial charge in [0.15, 0.2) is 0 Å². The van der Waals surface area contributed by atoms with Crippen LogP contribution >= 0.6 is 0 Å². The second kappa shape index (κ2) is 3.71. The molecule has 0 radical (unpaired) electrons. The lowest BCUT2D eigenvalue weighted by atomic mass is 10.1. The second-order valence-electron chi connectivity index (χ2n) is 2.54. The van der Waals surface area contributed by atoms with Gasteiger partial charge in [-0.1, -0.05) is 11.2 Å². The first kappa shape index (κ1) is 8.52. The molecule has 1 rings (SSSR count). The van der Waals surface area contributed by atoms with Gasteiger partial charge in [0, 0.05) is 6.20 Å². The maximum atomic E-state index is 8.32. The lowest BCUT2D eigenvalue weighted by Crippen LogP contribution is -2.16. The van der Waals surface area contributed by atoms with Crippen LogP contribution < -0.4 is 5.73 Å². The summed E-state index contributed by atoms with van der Waals surface area (Å²) in [6, 6.07) is 3.79. The van der Waals surface area contributed by atoms with Crippen LogP contribution in [0.15, 0.2) is 23.5 Å². The first-order valence-corrected chi connectivity index (χ1v) is 3.61. The van der Waals surface area contributed by atoms with Crippen LogP contribution in [0.4, 0.5) is 0 Å². The topological polar surface area (TPSA) is 71.5 Å². The van der Waals surface area contributed by atoms with Gasteiger partial charge in [-0.05, 0) is 18.6 Å². The molecule has 1 aromatic heterocycles. The number of pyridine rings is 1. The first-order valence-electron chi connectivity index (χ1n) is 3.61. The molecular formula is C8H11N3O. The van der Waals surface area contributed by atoms with Crippen molar-refractivity contribution in [3.63, 3.8) is 0 Å². The SMILES string of the molecule is Cc1cccnc1CC(N)=NO. The first-order chi connectivity index (χ1) is 5.74. The van der Waals surface area contributed by atoms with E-state index >= 15 is 0 Å². The van der Waals surface area contributed by atoms with Crippen molar-refractivity contribution in [1.82, 2.24) is 4.98 Å². The van der Waals surface area contributed by atoms with Crippen LogP contribution in [0.5, 0.6) is 0 Å². The highest BCUT2D eigenvalue weighted by Gasteiger charge is 2.00. The third-order valence-corrected chi connectivity index (χ3v) is 1.59. The minimum absolute atomic E-state index is 0.178. The fourth-order valence-electron chi connectivity index (χ4n) is 0.910. The van der Waals surface area contributed by atoms with Gasteiger partial charge >= 0.3 is 0 Å². The molecule has 0 saturated heterocycles. The van der Waals surface area contributed by atoms with Crippen LogP contribution in [-0.4, -0.2) is 16.0 Å². The van der Waals surface area contributed by atoms with E-state index < -0.39 is 0 Å². The van der Waals surface area contributed by atoms with Gasteiger partial charge in [0.25, 0.3) is 0 Å². The number of hydrogen-bond acceptors (Lipinski definition) is 3. The van der Waals surface area contributed by atoms with Crippen LogP contribution in [0.1, 0.15) is 11.3 Å². The van der Waals surface area contributed by atoms with E-state index in [4.69, 9.17) is 10.9 Å². The molecule has 0 unspecified atom stereocenters. The van der Waals surface area contributed by atoms with Gasteiger partial charge in [0.2, 0.25) is 0 Å². The number of oxime groups is 1. The fraction of sp³-hybridized carbons (Fsp3) is 0.250. The van der Waals surface area contributed by atoms with Gasteiger partial charge in [-0.2, -0.15) is 0 Å². The highest BCUT2D eigenvalue weighted by molar-refractivity contribution is 5.81. The van der Waals surface area contributed by atoms with Gasteiger partial charge in [-0.25, -0.2) is 0 Å². The fourth-order valence-corrected chi connectivity index (χ4v) is 0.910. The average Bonchev–Trinajstić information content (AvgIpc) is 2.09. The Labute approximate surface area is 70.7 Å². The molecule has 4 nitrogen and oxygen atoms in total. The largest absolute Gasteiger partial charge is 0.409 e. The lowest BCUT2D eigenvalue weighted by Gasteiger charge is -2.01. The Morgan fingerprint density at radius 3 is 3.08 bits per heavy atom. The standard InChI is InChI=1S/C8H11N3O/c1-6-3-2-4-10-7(6)5-8(9)11-12/h2-4,12H,5H2,1H3,(H2,9,11). The Balaban J connectivity index is 2.82. The van der Waals surface area contributed by atoms with E-state index in [2.05, 4.69) is 10.1 Å². The predicted molar refractivity (Wildman–Crippen MR) is 46.1 cm³/mol. The van der Waals surface area contributed by atoms with E-state index in [0.717, 1.165) is 11.3 Å². The van der Waals surface area contributed by atoms with E-state index in [1.807, 2.05) is 19.1 Å². The monoisotopic (exact) mass is 165 g/mol. The highest BCUT2D eigenvalue weighted by Crippen LogP contribution is 2.03. The van der Waals surface area contributed by atoms with Crippen molar-refractivity contribution >= 4 is 5.84 Å². The van der Waals surface area contributed by atoms with E-state index in [-0.39, 0.29) is 5.84 Å². The van der Waals surface area contributed by atoms with Crippen molar-refractivity contribution in [2.75, 3.05) is 0 Å². The van der Waals surface area contributed by atoms with Crippen molar-refractivity contribution in [3.05, 3.63) is 29.6 Å². The van der Waals surface area contributed by atoms with Crippen molar-refractivity contribution < 1.29 is 5.21 Å². The minimum atomic E-state index is 0.178. The summed E-state index contributed by atoms with van der Waals surface area (Å²) in [7, 11) is 0. The maximum Gasteiger partial charge on any atom is 0.145 e. The summed E-state index contributed by atoms with van der Waals surface area (Å²) in [5.74, 6) is 0.178. The third kappa shape index (κ3) is 1.95. The number of nitrogens with two attached hydrogens (primary N) is 1. The Hall–Kier alpha value is -1.58. The zero-order valence-electron chi connectivity index (χ0n) is 6.86. The summed E-state index contributed by atoms with van der Waals surface area (Å²) in [4.78, 5) is 4.09. The summed E-state index contributed by atoms with van der Waals surface area (Å²) in [5.41, 5.74) is 7.22. The molecule has 0 saturated carbocycles. The summed E-state index contributed by atoms with van der Waals surface area (Å²) >= 11 is 0. The number of rotatable bonds is 2. The van der Waals surface area contributed by atoms with E-state index in [1.54, 1.807) is 6.20 Å². The van der Waals surface area contributed by atoms with Gasteiger partial charge in [-0.3, -0.25) is 4.98 Å². The smallest absolute Gasteiger partial charge is 0.145 e. The number of aromatic nitrogens is 1. The lowest BCUT2D eigenvalue weighted by molar-refractivity contribution is 0.317. The molecule has 0 spiro atoms. The normalized spacial score (nSPS) is 11.6. The quantitative estimate of drug-likeness (QED) is 0.293. The van der Waals surface area contributed by atoms with Gasteiger partial charge in [-0.15, -0.1) is 0 Å². The summed E-state index contributed by atoms with van der Waals surface area (Å²) in [5, 5.41) is 11.2. The summed E-state index contributed by atoms with van der Waals surface area (Å²) < 4.78 is 0. The third-order valence-electron chi connectivity index (χ3n) is 1.59. The van der Waals surface area contributed by atoms with Crippen LogP contribution in [0.25, 0.3) is 0 Å². The molecule has 3 N–H and O–H groups in total. The molecule has 0 bridgehead atoms. The zero-order valence-corrected chi connectivity index (χ0v) is 6.86. The van der Waals surface area contributed by atoms with Crippen LogP contribution in [0, 0.1) is 6.92 Å². The van der Waals surface area contributed by atoms with Gasteiger partial charge in [0.1, 0.15) is 5.84 Å². The molecule has 0 fully saturated rings. The molecule has 0 aliphatic carbocycles.